The van der Waals surface area contributed by atoms with Gasteiger partial charge in [0.15, 0.2) is 0 Å². The first-order valence-electron chi connectivity index (χ1n) is 5.56. The third kappa shape index (κ3) is 6.75. The van der Waals surface area contributed by atoms with Crippen LogP contribution in [0.1, 0.15) is 40.0 Å². The maximum atomic E-state index is 11.4. The topological polar surface area (TPSA) is 32.3 Å². The van der Waals surface area contributed by atoms with E-state index < -0.39 is 0 Å². The predicted octanol–water partition coefficient (Wildman–Crippen LogP) is 2.47. The predicted molar refractivity (Wildman–Crippen MR) is 60.4 cm³/mol. The molecule has 0 fully saturated rings. The van der Waals surface area contributed by atoms with Crippen LogP contribution in [0, 0.1) is 5.92 Å². The third-order valence-corrected chi connectivity index (χ3v) is 2.19. The first kappa shape index (κ1) is 13.3. The van der Waals surface area contributed by atoms with Crippen LogP contribution in [0.5, 0.6) is 0 Å². The van der Waals surface area contributed by atoms with Crippen LogP contribution in [0.2, 0.25) is 0 Å². The van der Waals surface area contributed by atoms with E-state index in [1.807, 2.05) is 7.05 Å². The van der Waals surface area contributed by atoms with Gasteiger partial charge in [-0.05, 0) is 18.8 Å². The van der Waals surface area contributed by atoms with Gasteiger partial charge in [-0.15, -0.1) is 0 Å². The average molecular weight is 200 g/mol. The number of nitrogens with zero attached hydrogens (tertiary/aromatic N) is 1. The van der Waals surface area contributed by atoms with Crippen LogP contribution in [0.25, 0.3) is 0 Å². The molecule has 0 aliphatic rings. The van der Waals surface area contributed by atoms with Crippen molar-refractivity contribution in [2.24, 2.45) is 5.92 Å². The first-order chi connectivity index (χ1) is 6.57. The number of amides is 2. The summed E-state index contributed by atoms with van der Waals surface area (Å²) < 4.78 is 0. The Labute approximate surface area is 87.9 Å². The van der Waals surface area contributed by atoms with Crippen molar-refractivity contribution in [3.05, 3.63) is 0 Å². The van der Waals surface area contributed by atoms with Gasteiger partial charge in [-0.3, -0.25) is 0 Å². The number of carbonyl (C=O) groups is 1. The van der Waals surface area contributed by atoms with Crippen molar-refractivity contribution in [2.45, 2.75) is 40.0 Å². The smallest absolute Gasteiger partial charge is 0.317 e. The fourth-order valence-electron chi connectivity index (χ4n) is 1.10. The van der Waals surface area contributed by atoms with Crippen molar-refractivity contribution in [1.29, 1.82) is 0 Å². The van der Waals surface area contributed by atoms with Gasteiger partial charge in [-0.1, -0.05) is 27.2 Å². The molecular weight excluding hydrogens is 176 g/mol. The number of rotatable bonds is 6. The molecule has 0 aromatic heterocycles. The highest BCUT2D eigenvalue weighted by Gasteiger charge is 2.06. The summed E-state index contributed by atoms with van der Waals surface area (Å²) >= 11 is 0. The van der Waals surface area contributed by atoms with Crippen LogP contribution in [-0.4, -0.2) is 31.1 Å². The van der Waals surface area contributed by atoms with Gasteiger partial charge in [-0.2, -0.15) is 0 Å². The van der Waals surface area contributed by atoms with Crippen molar-refractivity contribution in [3.63, 3.8) is 0 Å². The van der Waals surface area contributed by atoms with Crippen molar-refractivity contribution in [3.8, 4) is 0 Å². The fraction of sp³-hybridized carbons (Fsp3) is 0.909. The Balaban J connectivity index is 3.52. The van der Waals surface area contributed by atoms with Gasteiger partial charge >= 0.3 is 6.03 Å². The molecule has 3 nitrogen and oxygen atoms in total. The number of hydrogen-bond donors (Lipinski definition) is 1. The Morgan fingerprint density at radius 2 is 2.07 bits per heavy atom. The maximum Gasteiger partial charge on any atom is 0.317 e. The van der Waals surface area contributed by atoms with Gasteiger partial charge in [0, 0.05) is 20.1 Å². The van der Waals surface area contributed by atoms with Gasteiger partial charge in [0.2, 0.25) is 0 Å². The normalized spacial score (nSPS) is 10.4. The SMILES string of the molecule is CCCCN(C)C(=O)NCCC(C)C. The molecule has 0 aromatic carbocycles. The molecular formula is C11H24N2O. The molecule has 0 atom stereocenters. The molecule has 0 saturated carbocycles. The van der Waals surface area contributed by atoms with E-state index in [2.05, 4.69) is 26.1 Å². The van der Waals surface area contributed by atoms with Crippen molar-refractivity contribution in [2.75, 3.05) is 20.1 Å². The molecule has 0 bridgehead atoms. The Morgan fingerprint density at radius 1 is 1.43 bits per heavy atom. The van der Waals surface area contributed by atoms with E-state index in [-0.39, 0.29) is 6.03 Å². The van der Waals surface area contributed by atoms with Crippen LogP contribution in [-0.2, 0) is 0 Å². The second-order valence-electron chi connectivity index (χ2n) is 4.19. The quantitative estimate of drug-likeness (QED) is 0.702. The summed E-state index contributed by atoms with van der Waals surface area (Å²) in [6.07, 6.45) is 3.26. The summed E-state index contributed by atoms with van der Waals surface area (Å²) in [6, 6.07) is 0.0547. The van der Waals surface area contributed by atoms with Crippen LogP contribution in [0.3, 0.4) is 0 Å². The number of nitrogens with one attached hydrogen (secondary N) is 1. The minimum Gasteiger partial charge on any atom is -0.338 e. The summed E-state index contributed by atoms with van der Waals surface area (Å²) in [5.41, 5.74) is 0. The van der Waals surface area contributed by atoms with Gasteiger partial charge in [-0.25, -0.2) is 4.79 Å². The van der Waals surface area contributed by atoms with Crippen LogP contribution in [0.4, 0.5) is 4.79 Å². The molecule has 3 heteroatoms. The molecule has 84 valence electrons. The van der Waals surface area contributed by atoms with Gasteiger partial charge in [0.1, 0.15) is 0 Å². The highest BCUT2D eigenvalue weighted by molar-refractivity contribution is 5.73. The number of unbranched alkanes of at least 4 members (excludes halogenated alkanes) is 1. The summed E-state index contributed by atoms with van der Waals surface area (Å²) in [4.78, 5) is 13.2. The molecule has 0 spiro atoms. The van der Waals surface area contributed by atoms with E-state index in [1.165, 1.54) is 0 Å². The molecule has 0 aliphatic carbocycles. The van der Waals surface area contributed by atoms with Gasteiger partial charge < -0.3 is 10.2 Å². The maximum absolute atomic E-state index is 11.4. The van der Waals surface area contributed by atoms with Crippen LogP contribution in [0.15, 0.2) is 0 Å². The summed E-state index contributed by atoms with van der Waals surface area (Å²) in [5.74, 6) is 0.649. The highest BCUT2D eigenvalue weighted by Crippen LogP contribution is 1.97. The van der Waals surface area contributed by atoms with Crippen LogP contribution >= 0.6 is 0 Å². The zero-order valence-corrected chi connectivity index (χ0v) is 9.97. The zero-order valence-electron chi connectivity index (χ0n) is 9.97. The lowest BCUT2D eigenvalue weighted by Crippen LogP contribution is -2.38. The molecule has 0 heterocycles. The number of urea groups is 1. The average Bonchev–Trinajstić information content (AvgIpc) is 2.13. The van der Waals surface area contributed by atoms with E-state index in [0.29, 0.717) is 5.92 Å². The molecule has 0 aromatic rings. The Hall–Kier alpha value is -0.730. The van der Waals surface area contributed by atoms with E-state index in [4.69, 9.17) is 0 Å². The first-order valence-corrected chi connectivity index (χ1v) is 5.56. The van der Waals surface area contributed by atoms with Crippen molar-refractivity contribution >= 4 is 6.03 Å². The fourth-order valence-corrected chi connectivity index (χ4v) is 1.10. The highest BCUT2D eigenvalue weighted by atomic mass is 16.2. The molecule has 0 rings (SSSR count). The lowest BCUT2D eigenvalue weighted by molar-refractivity contribution is 0.207. The van der Waals surface area contributed by atoms with Gasteiger partial charge in [0.25, 0.3) is 0 Å². The van der Waals surface area contributed by atoms with E-state index in [9.17, 15) is 4.79 Å². The zero-order chi connectivity index (χ0) is 11.0. The molecule has 1 N–H and O–H groups in total. The van der Waals surface area contributed by atoms with Gasteiger partial charge in [0.05, 0.1) is 0 Å². The molecule has 0 aliphatic heterocycles. The largest absolute Gasteiger partial charge is 0.338 e. The third-order valence-electron chi connectivity index (χ3n) is 2.19. The van der Waals surface area contributed by atoms with Crippen LogP contribution < -0.4 is 5.32 Å². The molecule has 0 saturated heterocycles. The minimum atomic E-state index is 0.0547. The Kier molecular flexibility index (Phi) is 7.25. The second kappa shape index (κ2) is 7.65. The van der Waals surface area contributed by atoms with E-state index in [1.54, 1.807) is 4.90 Å². The molecule has 14 heavy (non-hydrogen) atoms. The standard InChI is InChI=1S/C11H24N2O/c1-5-6-9-13(4)11(14)12-8-7-10(2)3/h10H,5-9H2,1-4H3,(H,12,14). The molecule has 0 unspecified atom stereocenters. The minimum absolute atomic E-state index is 0.0547. The Morgan fingerprint density at radius 3 is 2.57 bits per heavy atom. The Bertz CT molecular complexity index is 157. The molecule has 0 radical (unpaired) electrons. The number of hydrogen-bond acceptors (Lipinski definition) is 1. The summed E-state index contributed by atoms with van der Waals surface area (Å²) in [5, 5.41) is 2.91. The number of carbonyl (C=O) groups excluding carboxylic acids is 1. The molecule has 2 amide bonds. The second-order valence-corrected chi connectivity index (χ2v) is 4.19. The summed E-state index contributed by atoms with van der Waals surface area (Å²) in [7, 11) is 1.85. The van der Waals surface area contributed by atoms with Crippen molar-refractivity contribution < 1.29 is 4.79 Å². The van der Waals surface area contributed by atoms with E-state index in [0.717, 1.165) is 32.4 Å². The van der Waals surface area contributed by atoms with E-state index >= 15 is 0 Å². The lowest BCUT2D eigenvalue weighted by Gasteiger charge is -2.17. The van der Waals surface area contributed by atoms with Crippen molar-refractivity contribution in [1.82, 2.24) is 10.2 Å². The lowest BCUT2D eigenvalue weighted by atomic mass is 10.1. The monoisotopic (exact) mass is 200 g/mol. The summed E-state index contributed by atoms with van der Waals surface area (Å²) in [6.45, 7) is 8.08.